The van der Waals surface area contributed by atoms with Gasteiger partial charge in [0.15, 0.2) is 0 Å². The van der Waals surface area contributed by atoms with Crippen LogP contribution in [0.5, 0.6) is 11.5 Å². The van der Waals surface area contributed by atoms with Gasteiger partial charge in [-0.2, -0.15) is 0 Å². The monoisotopic (exact) mass is 235 g/mol. The van der Waals surface area contributed by atoms with E-state index in [4.69, 9.17) is 9.47 Å². The summed E-state index contributed by atoms with van der Waals surface area (Å²) in [6, 6.07) is 6.69. The molecule has 0 aromatic heterocycles. The number of likely N-dealkylation sites (N-methyl/N-ethyl adjacent to an activating group) is 1. The number of nitrogens with one attached hydrogen (secondary N) is 1. The maximum absolute atomic E-state index is 5.49. The number of ether oxygens (including phenoxy) is 2. The third kappa shape index (κ3) is 2.39. The van der Waals surface area contributed by atoms with Crippen LogP contribution in [-0.4, -0.2) is 27.3 Å². The van der Waals surface area contributed by atoms with Crippen LogP contribution in [0, 0.1) is 0 Å². The summed E-state index contributed by atoms with van der Waals surface area (Å²) in [4.78, 5) is 0. The lowest BCUT2D eigenvalue weighted by atomic mass is 9.93. The quantitative estimate of drug-likeness (QED) is 0.870. The molecule has 0 bridgehead atoms. The van der Waals surface area contributed by atoms with Crippen molar-refractivity contribution in [1.82, 2.24) is 5.32 Å². The molecule has 1 aliphatic carbocycles. The molecule has 3 nitrogen and oxygen atoms in total. The topological polar surface area (TPSA) is 30.5 Å². The van der Waals surface area contributed by atoms with Crippen molar-refractivity contribution in [3.05, 3.63) is 23.8 Å². The lowest BCUT2D eigenvalue weighted by Gasteiger charge is -2.21. The van der Waals surface area contributed by atoms with Gasteiger partial charge in [-0.3, -0.25) is 0 Å². The fourth-order valence-electron chi connectivity index (χ4n) is 2.80. The van der Waals surface area contributed by atoms with Gasteiger partial charge in [0.05, 0.1) is 14.2 Å². The van der Waals surface area contributed by atoms with E-state index in [9.17, 15) is 0 Å². The number of hydrogen-bond acceptors (Lipinski definition) is 3. The van der Waals surface area contributed by atoms with Crippen LogP contribution in [0.25, 0.3) is 0 Å². The van der Waals surface area contributed by atoms with Gasteiger partial charge in [-0.05, 0) is 31.5 Å². The molecule has 0 amide bonds. The molecule has 1 aromatic rings. The Morgan fingerprint density at radius 2 is 2.00 bits per heavy atom. The van der Waals surface area contributed by atoms with E-state index in [2.05, 4.69) is 11.4 Å². The SMILES string of the molecule is CNC1CCCC1c1ccc(OC)cc1OC. The fourth-order valence-corrected chi connectivity index (χ4v) is 2.80. The highest BCUT2D eigenvalue weighted by Gasteiger charge is 2.29. The van der Waals surface area contributed by atoms with E-state index in [1.54, 1.807) is 14.2 Å². The molecule has 0 heterocycles. The summed E-state index contributed by atoms with van der Waals surface area (Å²) >= 11 is 0. The third-order valence-electron chi connectivity index (χ3n) is 3.73. The number of rotatable bonds is 4. The summed E-state index contributed by atoms with van der Waals surface area (Å²) in [6.07, 6.45) is 3.76. The lowest BCUT2D eigenvalue weighted by Crippen LogP contribution is -2.27. The first-order valence-electron chi connectivity index (χ1n) is 6.19. The van der Waals surface area contributed by atoms with Gasteiger partial charge >= 0.3 is 0 Å². The highest BCUT2D eigenvalue weighted by atomic mass is 16.5. The van der Waals surface area contributed by atoms with Crippen LogP contribution in [0.15, 0.2) is 18.2 Å². The molecule has 1 saturated carbocycles. The van der Waals surface area contributed by atoms with Gasteiger partial charge in [0.1, 0.15) is 11.5 Å². The first-order valence-corrected chi connectivity index (χ1v) is 6.19. The largest absolute Gasteiger partial charge is 0.497 e. The normalized spacial score (nSPS) is 23.7. The maximum Gasteiger partial charge on any atom is 0.126 e. The zero-order valence-electron chi connectivity index (χ0n) is 10.8. The molecule has 1 N–H and O–H groups in total. The second-order valence-electron chi connectivity index (χ2n) is 4.54. The number of benzene rings is 1. The molecule has 2 rings (SSSR count). The Morgan fingerprint density at radius 3 is 2.65 bits per heavy atom. The van der Waals surface area contributed by atoms with Crippen molar-refractivity contribution < 1.29 is 9.47 Å². The molecule has 2 unspecified atom stereocenters. The molecule has 94 valence electrons. The van der Waals surface area contributed by atoms with Crippen molar-refractivity contribution >= 4 is 0 Å². The highest BCUT2D eigenvalue weighted by Crippen LogP contribution is 2.40. The van der Waals surface area contributed by atoms with E-state index in [-0.39, 0.29) is 0 Å². The van der Waals surface area contributed by atoms with Crippen molar-refractivity contribution in [2.45, 2.75) is 31.2 Å². The van der Waals surface area contributed by atoms with Crippen molar-refractivity contribution in [2.24, 2.45) is 0 Å². The van der Waals surface area contributed by atoms with Crippen LogP contribution in [0.1, 0.15) is 30.7 Å². The molecule has 1 aliphatic rings. The van der Waals surface area contributed by atoms with Gasteiger partial charge in [0.25, 0.3) is 0 Å². The highest BCUT2D eigenvalue weighted by molar-refractivity contribution is 5.43. The van der Waals surface area contributed by atoms with Crippen molar-refractivity contribution in [1.29, 1.82) is 0 Å². The molecule has 3 heteroatoms. The molecule has 0 radical (unpaired) electrons. The van der Waals surface area contributed by atoms with Gasteiger partial charge in [-0.1, -0.05) is 12.5 Å². The van der Waals surface area contributed by atoms with Gasteiger partial charge in [0, 0.05) is 18.0 Å². The van der Waals surface area contributed by atoms with E-state index in [0.717, 1.165) is 11.5 Å². The first kappa shape index (κ1) is 12.2. The van der Waals surface area contributed by atoms with E-state index < -0.39 is 0 Å². The second kappa shape index (κ2) is 5.41. The Kier molecular flexibility index (Phi) is 3.89. The summed E-state index contributed by atoms with van der Waals surface area (Å²) in [5, 5.41) is 3.41. The Morgan fingerprint density at radius 1 is 1.18 bits per heavy atom. The summed E-state index contributed by atoms with van der Waals surface area (Å²) < 4.78 is 10.7. The molecule has 1 fully saturated rings. The van der Waals surface area contributed by atoms with Crippen molar-refractivity contribution in [3.63, 3.8) is 0 Å². The summed E-state index contributed by atoms with van der Waals surface area (Å²) in [7, 11) is 5.45. The fraction of sp³-hybridized carbons (Fsp3) is 0.571. The smallest absolute Gasteiger partial charge is 0.126 e. The molecule has 0 aliphatic heterocycles. The standard InChI is InChI=1S/C14H21NO2/c1-15-13-6-4-5-11(13)12-8-7-10(16-2)9-14(12)17-3/h7-9,11,13,15H,4-6H2,1-3H3. The minimum absolute atomic E-state index is 0.556. The van der Waals surface area contributed by atoms with Crippen molar-refractivity contribution in [2.75, 3.05) is 21.3 Å². The van der Waals surface area contributed by atoms with Crippen LogP contribution < -0.4 is 14.8 Å². The van der Waals surface area contributed by atoms with E-state index >= 15 is 0 Å². The molecular weight excluding hydrogens is 214 g/mol. The van der Waals surface area contributed by atoms with Crippen molar-refractivity contribution in [3.8, 4) is 11.5 Å². The van der Waals surface area contributed by atoms with Crippen LogP contribution in [-0.2, 0) is 0 Å². The second-order valence-corrected chi connectivity index (χ2v) is 4.54. The zero-order chi connectivity index (χ0) is 12.3. The Labute approximate surface area is 103 Å². The average molecular weight is 235 g/mol. The van der Waals surface area contributed by atoms with E-state index in [0.29, 0.717) is 12.0 Å². The first-order chi connectivity index (χ1) is 8.30. The van der Waals surface area contributed by atoms with Gasteiger partial charge in [0.2, 0.25) is 0 Å². The Bertz CT molecular complexity index is 378. The van der Waals surface area contributed by atoms with Gasteiger partial charge < -0.3 is 14.8 Å². The van der Waals surface area contributed by atoms with E-state index in [1.807, 2.05) is 19.2 Å². The zero-order valence-corrected chi connectivity index (χ0v) is 10.8. The van der Waals surface area contributed by atoms with Crippen LogP contribution in [0.4, 0.5) is 0 Å². The maximum atomic E-state index is 5.49. The summed E-state index contributed by atoms with van der Waals surface area (Å²) in [6.45, 7) is 0. The van der Waals surface area contributed by atoms with Crippen LogP contribution in [0.3, 0.4) is 0 Å². The number of methoxy groups -OCH3 is 2. The lowest BCUT2D eigenvalue weighted by molar-refractivity contribution is 0.384. The van der Waals surface area contributed by atoms with Gasteiger partial charge in [-0.25, -0.2) is 0 Å². The Hall–Kier alpha value is -1.22. The van der Waals surface area contributed by atoms with E-state index in [1.165, 1.54) is 24.8 Å². The molecule has 0 spiro atoms. The molecular formula is C14H21NO2. The molecule has 0 saturated heterocycles. The minimum Gasteiger partial charge on any atom is -0.497 e. The summed E-state index contributed by atoms with van der Waals surface area (Å²) in [5.41, 5.74) is 1.30. The predicted molar refractivity (Wildman–Crippen MR) is 69.0 cm³/mol. The average Bonchev–Trinajstić information content (AvgIpc) is 2.85. The summed E-state index contributed by atoms with van der Waals surface area (Å²) in [5.74, 6) is 2.35. The number of hydrogen-bond donors (Lipinski definition) is 1. The van der Waals surface area contributed by atoms with Crippen LogP contribution >= 0.6 is 0 Å². The Balaban J connectivity index is 2.30. The molecule has 2 atom stereocenters. The minimum atomic E-state index is 0.556. The predicted octanol–water partition coefficient (Wildman–Crippen LogP) is 2.56. The molecule has 1 aromatic carbocycles. The third-order valence-corrected chi connectivity index (χ3v) is 3.73. The molecule has 17 heavy (non-hydrogen) atoms. The van der Waals surface area contributed by atoms with Crippen LogP contribution in [0.2, 0.25) is 0 Å². The van der Waals surface area contributed by atoms with Gasteiger partial charge in [-0.15, -0.1) is 0 Å².